The number of nitrogens with one attached hydrogen (secondary N) is 2. The summed E-state index contributed by atoms with van der Waals surface area (Å²) in [4.78, 5) is 14.8. The Morgan fingerprint density at radius 2 is 1.57 bits per heavy atom. The Bertz CT molecular complexity index is 1310. The lowest BCUT2D eigenvalue weighted by molar-refractivity contribution is 0.247. The van der Waals surface area contributed by atoms with E-state index in [-0.39, 0.29) is 17.0 Å². The quantitative estimate of drug-likeness (QED) is 0.507. The van der Waals surface area contributed by atoms with Crippen LogP contribution in [0.2, 0.25) is 0 Å². The number of aryl methyl sites for hydroxylation is 1. The Hall–Kier alpha value is -3.72. The van der Waals surface area contributed by atoms with Gasteiger partial charge in [-0.2, -0.15) is 0 Å². The van der Waals surface area contributed by atoms with E-state index in [1.54, 1.807) is 38.5 Å². The molecule has 1 aliphatic rings. The number of carbonyl (C=O) groups excluding carboxylic acids is 1. The molecule has 35 heavy (non-hydrogen) atoms. The molecule has 0 saturated heterocycles. The number of benzene rings is 3. The van der Waals surface area contributed by atoms with Crippen LogP contribution >= 0.6 is 0 Å². The van der Waals surface area contributed by atoms with Gasteiger partial charge in [-0.15, -0.1) is 0 Å². The Morgan fingerprint density at radius 1 is 0.943 bits per heavy atom. The minimum atomic E-state index is -4.03. The van der Waals surface area contributed by atoms with Crippen molar-refractivity contribution in [3.8, 4) is 11.5 Å². The second-order valence-electron chi connectivity index (χ2n) is 8.53. The third-order valence-electron chi connectivity index (χ3n) is 6.09. The molecule has 0 bridgehead atoms. The Balaban J connectivity index is 1.64. The highest BCUT2D eigenvalue weighted by molar-refractivity contribution is 7.90. The van der Waals surface area contributed by atoms with Crippen LogP contribution < -0.4 is 24.4 Å². The summed E-state index contributed by atoms with van der Waals surface area (Å²) in [5.74, 6) is 1.40. The highest BCUT2D eigenvalue weighted by Gasteiger charge is 2.36. The molecule has 0 fully saturated rings. The number of methoxy groups -OCH3 is 2. The first-order valence-corrected chi connectivity index (χ1v) is 12.7. The number of amides is 2. The number of hydrogen-bond acceptors (Lipinski definition) is 6. The molecule has 1 heterocycles. The van der Waals surface area contributed by atoms with E-state index in [4.69, 9.17) is 9.47 Å². The summed E-state index contributed by atoms with van der Waals surface area (Å²) in [5, 5.41) is 3.52. The zero-order valence-electron chi connectivity index (χ0n) is 20.1. The van der Waals surface area contributed by atoms with Crippen molar-refractivity contribution in [2.75, 3.05) is 24.4 Å². The van der Waals surface area contributed by atoms with Crippen molar-refractivity contribution in [3.05, 3.63) is 77.9 Å². The van der Waals surface area contributed by atoms with Gasteiger partial charge in [0.25, 0.3) is 10.0 Å². The molecule has 2 amide bonds. The van der Waals surface area contributed by atoms with Crippen LogP contribution in [0.15, 0.2) is 71.6 Å². The molecule has 2 atom stereocenters. The van der Waals surface area contributed by atoms with Crippen molar-refractivity contribution in [3.63, 3.8) is 0 Å². The van der Waals surface area contributed by atoms with Crippen molar-refractivity contribution < 1.29 is 22.7 Å². The molecule has 0 radical (unpaired) electrons. The monoisotopic (exact) mass is 495 g/mol. The number of anilines is 2. The van der Waals surface area contributed by atoms with Crippen LogP contribution in [0, 0.1) is 6.92 Å². The van der Waals surface area contributed by atoms with Gasteiger partial charge in [0, 0.05) is 17.3 Å². The van der Waals surface area contributed by atoms with Gasteiger partial charge in [0.2, 0.25) is 0 Å². The minimum absolute atomic E-state index is 0.0371. The molecule has 0 spiro atoms. The summed E-state index contributed by atoms with van der Waals surface area (Å²) in [6.07, 6.45) is 0.560. The van der Waals surface area contributed by atoms with E-state index in [1.165, 1.54) is 17.0 Å². The van der Waals surface area contributed by atoms with Crippen LogP contribution in [0.5, 0.6) is 11.5 Å². The fraction of sp³-hybridized carbons (Fsp3) is 0.269. The second kappa shape index (κ2) is 9.87. The zero-order chi connectivity index (χ0) is 25.2. The first kappa shape index (κ1) is 24.4. The lowest BCUT2D eigenvalue weighted by Crippen LogP contribution is -2.50. The maximum atomic E-state index is 13.3. The van der Waals surface area contributed by atoms with Gasteiger partial charge in [0.15, 0.2) is 0 Å². The van der Waals surface area contributed by atoms with E-state index in [0.29, 0.717) is 17.9 Å². The smallest absolute Gasteiger partial charge is 0.336 e. The summed E-state index contributed by atoms with van der Waals surface area (Å²) in [6, 6.07) is 18.3. The average Bonchev–Trinajstić information content (AvgIpc) is 2.84. The predicted octanol–water partition coefficient (Wildman–Crippen LogP) is 4.86. The maximum absolute atomic E-state index is 13.3. The number of nitrogens with zero attached hydrogens (tertiary/aromatic N) is 1. The highest BCUT2D eigenvalue weighted by atomic mass is 32.2. The predicted molar refractivity (Wildman–Crippen MR) is 136 cm³/mol. The van der Waals surface area contributed by atoms with Crippen LogP contribution in [0.25, 0.3) is 0 Å². The number of carbonyl (C=O) groups is 1. The summed E-state index contributed by atoms with van der Waals surface area (Å²) in [6.45, 7) is 3.76. The SMILES string of the molecule is COc1ccc(NC2CC(C)N(C(=O)NS(=O)(=O)c3ccc(C)cc3)c3ccc(OC)cc32)cc1. The van der Waals surface area contributed by atoms with Gasteiger partial charge < -0.3 is 14.8 Å². The Kier molecular flexibility index (Phi) is 6.88. The van der Waals surface area contributed by atoms with E-state index in [9.17, 15) is 13.2 Å². The number of urea groups is 1. The van der Waals surface area contributed by atoms with Crippen LogP contribution in [-0.4, -0.2) is 34.7 Å². The number of rotatable bonds is 6. The van der Waals surface area contributed by atoms with Crippen molar-refractivity contribution >= 4 is 27.4 Å². The van der Waals surface area contributed by atoms with Gasteiger partial charge >= 0.3 is 6.03 Å². The summed E-state index contributed by atoms with van der Waals surface area (Å²) < 4.78 is 38.6. The molecule has 0 aliphatic carbocycles. The van der Waals surface area contributed by atoms with Crippen molar-refractivity contribution in [1.29, 1.82) is 0 Å². The largest absolute Gasteiger partial charge is 0.497 e. The Labute approximate surface area is 205 Å². The number of sulfonamides is 1. The molecule has 2 N–H and O–H groups in total. The van der Waals surface area contributed by atoms with Gasteiger partial charge in [-0.25, -0.2) is 17.9 Å². The molecular formula is C26H29N3O5S. The standard InChI is InChI=1S/C26H29N3O5S/c1-17-5-12-22(13-6-17)35(31,32)28-26(30)29-18(2)15-24(23-16-21(34-4)11-14-25(23)29)27-19-7-9-20(33-3)10-8-19/h5-14,16,18,24,27H,15H2,1-4H3,(H,28,30). The van der Waals surface area contributed by atoms with Gasteiger partial charge in [-0.05, 0) is 74.9 Å². The summed E-state index contributed by atoms with van der Waals surface area (Å²) >= 11 is 0. The second-order valence-corrected chi connectivity index (χ2v) is 10.2. The van der Waals surface area contributed by atoms with Gasteiger partial charge in [-0.3, -0.25) is 4.90 Å². The molecule has 3 aromatic rings. The third kappa shape index (κ3) is 5.19. The summed E-state index contributed by atoms with van der Waals surface area (Å²) in [7, 11) is -0.828. The topological polar surface area (TPSA) is 97.0 Å². The molecule has 1 aliphatic heterocycles. The number of ether oxygens (including phenoxy) is 2. The van der Waals surface area contributed by atoms with Gasteiger partial charge in [0.1, 0.15) is 11.5 Å². The zero-order valence-corrected chi connectivity index (χ0v) is 20.9. The molecular weight excluding hydrogens is 466 g/mol. The molecule has 4 rings (SSSR count). The average molecular weight is 496 g/mol. The normalized spacial score (nSPS) is 17.3. The first-order valence-electron chi connectivity index (χ1n) is 11.2. The maximum Gasteiger partial charge on any atom is 0.336 e. The van der Waals surface area contributed by atoms with Crippen LogP contribution in [0.3, 0.4) is 0 Å². The van der Waals surface area contributed by atoms with Crippen LogP contribution in [0.4, 0.5) is 16.2 Å². The van der Waals surface area contributed by atoms with E-state index < -0.39 is 16.1 Å². The fourth-order valence-electron chi connectivity index (χ4n) is 4.24. The van der Waals surface area contributed by atoms with E-state index in [2.05, 4.69) is 10.0 Å². The third-order valence-corrected chi connectivity index (χ3v) is 7.43. The van der Waals surface area contributed by atoms with Gasteiger partial charge in [-0.1, -0.05) is 17.7 Å². The molecule has 184 valence electrons. The minimum Gasteiger partial charge on any atom is -0.497 e. The molecule has 0 aromatic heterocycles. The molecule has 8 nitrogen and oxygen atoms in total. The number of fused-ring (bicyclic) bond motifs is 1. The van der Waals surface area contributed by atoms with E-state index in [1.807, 2.05) is 44.2 Å². The first-order chi connectivity index (χ1) is 16.7. The van der Waals surface area contributed by atoms with E-state index >= 15 is 0 Å². The van der Waals surface area contributed by atoms with Crippen LogP contribution in [0.1, 0.15) is 30.5 Å². The fourth-order valence-corrected chi connectivity index (χ4v) is 5.18. The van der Waals surface area contributed by atoms with Crippen LogP contribution in [-0.2, 0) is 10.0 Å². The molecule has 3 aromatic carbocycles. The Morgan fingerprint density at radius 3 is 2.20 bits per heavy atom. The highest BCUT2D eigenvalue weighted by Crippen LogP contribution is 2.41. The van der Waals surface area contributed by atoms with Crippen molar-refractivity contribution in [1.82, 2.24) is 4.72 Å². The van der Waals surface area contributed by atoms with Gasteiger partial charge in [0.05, 0.1) is 30.8 Å². The van der Waals surface area contributed by atoms with Crippen molar-refractivity contribution in [2.24, 2.45) is 0 Å². The summed E-state index contributed by atoms with van der Waals surface area (Å²) in [5.41, 5.74) is 3.28. The van der Waals surface area contributed by atoms with Crippen molar-refractivity contribution in [2.45, 2.75) is 37.2 Å². The van der Waals surface area contributed by atoms with E-state index in [0.717, 1.165) is 22.6 Å². The molecule has 9 heteroatoms. The molecule has 2 unspecified atom stereocenters. The number of hydrogen-bond donors (Lipinski definition) is 2. The lowest BCUT2D eigenvalue weighted by atomic mass is 9.91. The lowest BCUT2D eigenvalue weighted by Gasteiger charge is -2.39. The molecule has 0 saturated carbocycles.